The normalized spacial score (nSPS) is 10.1. The predicted molar refractivity (Wildman–Crippen MR) is 56.1 cm³/mol. The summed E-state index contributed by atoms with van der Waals surface area (Å²) < 4.78 is 0. The molecule has 1 rings (SSSR count). The van der Waals surface area contributed by atoms with Crippen LogP contribution in [0, 0.1) is 0 Å². The molecule has 0 heterocycles. The minimum absolute atomic E-state index is 0.0422. The monoisotopic (exact) mass is 236 g/mol. The molecule has 0 aliphatic carbocycles. The van der Waals surface area contributed by atoms with Crippen molar-refractivity contribution in [1.29, 1.82) is 0 Å². The van der Waals surface area contributed by atoms with Crippen molar-refractivity contribution < 1.29 is 4.79 Å². The molecule has 70 valence electrons. The minimum atomic E-state index is -0.0422. The first-order valence-electron chi connectivity index (χ1n) is 3.68. The summed E-state index contributed by atoms with van der Waals surface area (Å²) in [6.07, 6.45) is 0.304. The number of Topliss-reactive ketones (excluding diaryl/α,β-unsaturated/α-hetero) is 1. The quantitative estimate of drug-likeness (QED) is 0.577. The van der Waals surface area contributed by atoms with Crippen molar-refractivity contribution in [3.8, 4) is 0 Å². The first-order valence-corrected chi connectivity index (χ1v) is 4.98. The summed E-state index contributed by atoms with van der Waals surface area (Å²) in [5.74, 6) is 0.266. The highest BCUT2D eigenvalue weighted by Gasteiger charge is 2.06. The molecule has 13 heavy (non-hydrogen) atoms. The molecule has 0 bridgehead atoms. The van der Waals surface area contributed by atoms with Crippen LogP contribution in [0.1, 0.15) is 16.8 Å². The van der Waals surface area contributed by atoms with Gasteiger partial charge in [-0.2, -0.15) is 0 Å². The van der Waals surface area contributed by atoms with E-state index in [0.717, 1.165) is 0 Å². The fourth-order valence-electron chi connectivity index (χ4n) is 0.945. The van der Waals surface area contributed by atoms with Crippen molar-refractivity contribution in [3.63, 3.8) is 0 Å². The molecule has 0 saturated carbocycles. The molecule has 0 spiro atoms. The Hall–Kier alpha value is -0.240. The van der Waals surface area contributed by atoms with Gasteiger partial charge in [0.2, 0.25) is 0 Å². The highest BCUT2D eigenvalue weighted by Crippen LogP contribution is 2.20. The van der Waals surface area contributed by atoms with E-state index in [1.807, 2.05) is 0 Å². The van der Waals surface area contributed by atoms with Gasteiger partial charge in [0.1, 0.15) is 0 Å². The zero-order valence-corrected chi connectivity index (χ0v) is 8.96. The molecule has 0 aliphatic heterocycles. The van der Waals surface area contributed by atoms with Crippen LogP contribution in [0.25, 0.3) is 0 Å². The number of hydrogen-bond acceptors (Lipinski definition) is 1. The van der Waals surface area contributed by atoms with Crippen LogP contribution in [0.5, 0.6) is 0 Å². The van der Waals surface area contributed by atoms with E-state index in [-0.39, 0.29) is 5.78 Å². The number of halogens is 3. The van der Waals surface area contributed by atoms with Gasteiger partial charge >= 0.3 is 0 Å². The topological polar surface area (TPSA) is 17.1 Å². The van der Waals surface area contributed by atoms with Gasteiger partial charge in [-0.15, -0.1) is 11.6 Å². The van der Waals surface area contributed by atoms with E-state index in [0.29, 0.717) is 27.9 Å². The second-order valence-electron chi connectivity index (χ2n) is 2.52. The molecule has 0 amide bonds. The number of alkyl halides is 1. The Balaban J connectivity index is 2.94. The molecule has 0 fully saturated rings. The van der Waals surface area contributed by atoms with Crippen molar-refractivity contribution in [2.45, 2.75) is 6.42 Å². The maximum absolute atomic E-state index is 11.3. The van der Waals surface area contributed by atoms with E-state index in [1.54, 1.807) is 18.2 Å². The summed E-state index contributed by atoms with van der Waals surface area (Å²) in [5, 5.41) is 0.927. The van der Waals surface area contributed by atoms with Gasteiger partial charge < -0.3 is 0 Å². The van der Waals surface area contributed by atoms with Gasteiger partial charge in [0.05, 0.1) is 0 Å². The number of benzene rings is 1. The fraction of sp³-hybridized carbons (Fsp3) is 0.222. The number of ketones is 1. The van der Waals surface area contributed by atoms with E-state index in [1.165, 1.54) is 0 Å². The Morgan fingerprint density at radius 2 is 1.69 bits per heavy atom. The number of rotatable bonds is 3. The van der Waals surface area contributed by atoms with Crippen LogP contribution in [0.2, 0.25) is 10.0 Å². The van der Waals surface area contributed by atoms with Crippen LogP contribution in [0.4, 0.5) is 0 Å². The summed E-state index contributed by atoms with van der Waals surface area (Å²) in [5.41, 5.74) is 0.512. The van der Waals surface area contributed by atoms with Gasteiger partial charge in [-0.25, -0.2) is 0 Å². The van der Waals surface area contributed by atoms with E-state index < -0.39 is 0 Å². The number of carbonyl (C=O) groups excluding carboxylic acids is 1. The number of carbonyl (C=O) groups is 1. The molecule has 0 atom stereocenters. The van der Waals surface area contributed by atoms with Crippen molar-refractivity contribution in [3.05, 3.63) is 33.8 Å². The van der Waals surface area contributed by atoms with Crippen molar-refractivity contribution in [2.24, 2.45) is 0 Å². The molecule has 4 heteroatoms. The zero-order chi connectivity index (χ0) is 9.84. The van der Waals surface area contributed by atoms with Gasteiger partial charge in [0, 0.05) is 27.9 Å². The Labute approximate surface area is 91.6 Å². The summed E-state index contributed by atoms with van der Waals surface area (Å²) >= 11 is 16.9. The lowest BCUT2D eigenvalue weighted by molar-refractivity contribution is 0.0989. The van der Waals surface area contributed by atoms with Gasteiger partial charge in [0.25, 0.3) is 0 Å². The molecular weight excluding hydrogens is 230 g/mol. The van der Waals surface area contributed by atoms with Crippen LogP contribution < -0.4 is 0 Å². The summed E-state index contributed by atoms with van der Waals surface area (Å²) in [4.78, 5) is 11.3. The fourth-order valence-corrected chi connectivity index (χ4v) is 1.64. The highest BCUT2D eigenvalue weighted by atomic mass is 35.5. The molecule has 0 N–H and O–H groups in total. The lowest BCUT2D eigenvalue weighted by atomic mass is 10.1. The third-order valence-corrected chi connectivity index (χ3v) is 2.13. The van der Waals surface area contributed by atoms with E-state index in [2.05, 4.69) is 0 Å². The Bertz CT molecular complexity index is 302. The Kier molecular flexibility index (Phi) is 4.04. The van der Waals surface area contributed by atoms with Crippen LogP contribution in [0.15, 0.2) is 18.2 Å². The van der Waals surface area contributed by atoms with E-state index in [4.69, 9.17) is 34.8 Å². The molecule has 1 aromatic rings. The Morgan fingerprint density at radius 1 is 1.15 bits per heavy atom. The first-order chi connectivity index (χ1) is 6.13. The Morgan fingerprint density at radius 3 is 2.15 bits per heavy atom. The highest BCUT2D eigenvalue weighted by molar-refractivity contribution is 6.35. The molecule has 0 aliphatic rings. The van der Waals surface area contributed by atoms with Crippen molar-refractivity contribution in [2.75, 3.05) is 5.88 Å². The molecule has 0 aromatic heterocycles. The van der Waals surface area contributed by atoms with Gasteiger partial charge in [-0.1, -0.05) is 23.2 Å². The second-order valence-corrected chi connectivity index (χ2v) is 3.77. The zero-order valence-electron chi connectivity index (χ0n) is 6.69. The summed E-state index contributed by atoms with van der Waals surface area (Å²) in [6, 6.07) is 4.76. The average Bonchev–Trinajstić information content (AvgIpc) is 2.03. The minimum Gasteiger partial charge on any atom is -0.294 e. The summed E-state index contributed by atoms with van der Waals surface area (Å²) in [7, 11) is 0. The maximum atomic E-state index is 11.3. The molecule has 1 aromatic carbocycles. The lowest BCUT2D eigenvalue weighted by Crippen LogP contribution is -1.99. The molecule has 0 unspecified atom stereocenters. The van der Waals surface area contributed by atoms with Gasteiger partial charge in [-0.05, 0) is 18.2 Å². The second kappa shape index (κ2) is 4.85. The SMILES string of the molecule is O=C(CCCl)c1cc(Cl)cc(Cl)c1. The molecule has 1 nitrogen and oxygen atoms in total. The number of hydrogen-bond donors (Lipinski definition) is 0. The average molecular weight is 238 g/mol. The smallest absolute Gasteiger partial charge is 0.164 e. The van der Waals surface area contributed by atoms with Crippen LogP contribution in [-0.4, -0.2) is 11.7 Å². The largest absolute Gasteiger partial charge is 0.294 e. The van der Waals surface area contributed by atoms with E-state index in [9.17, 15) is 4.79 Å². The third-order valence-electron chi connectivity index (χ3n) is 1.51. The lowest BCUT2D eigenvalue weighted by Gasteiger charge is -2.00. The van der Waals surface area contributed by atoms with E-state index >= 15 is 0 Å². The van der Waals surface area contributed by atoms with Gasteiger partial charge in [0.15, 0.2) is 5.78 Å². The van der Waals surface area contributed by atoms with Gasteiger partial charge in [-0.3, -0.25) is 4.79 Å². The van der Waals surface area contributed by atoms with Crippen LogP contribution >= 0.6 is 34.8 Å². The van der Waals surface area contributed by atoms with Crippen molar-refractivity contribution in [1.82, 2.24) is 0 Å². The van der Waals surface area contributed by atoms with Crippen molar-refractivity contribution >= 4 is 40.6 Å². The molecular formula is C9H7Cl3O. The molecule has 0 saturated heterocycles. The predicted octanol–water partition coefficient (Wildman–Crippen LogP) is 3.81. The maximum Gasteiger partial charge on any atom is 0.164 e. The van der Waals surface area contributed by atoms with Crippen LogP contribution in [-0.2, 0) is 0 Å². The first kappa shape index (κ1) is 10.8. The van der Waals surface area contributed by atoms with Crippen LogP contribution in [0.3, 0.4) is 0 Å². The standard InChI is InChI=1S/C9H7Cl3O/c10-2-1-9(13)6-3-7(11)5-8(12)4-6/h3-5H,1-2H2. The third kappa shape index (κ3) is 3.18. The molecule has 0 radical (unpaired) electrons. The summed E-state index contributed by atoms with van der Waals surface area (Å²) in [6.45, 7) is 0.